The topological polar surface area (TPSA) is 90.5 Å². The van der Waals surface area contributed by atoms with Gasteiger partial charge in [-0.15, -0.1) is 5.10 Å². The van der Waals surface area contributed by atoms with E-state index in [9.17, 15) is 4.79 Å². The number of rotatable bonds is 6. The minimum Gasteiger partial charge on any atom is -0.325 e. The lowest BCUT2D eigenvalue weighted by atomic mass is 10.3. The summed E-state index contributed by atoms with van der Waals surface area (Å²) in [6.07, 6.45) is 3.54. The predicted molar refractivity (Wildman–Crippen MR) is 105 cm³/mol. The third kappa shape index (κ3) is 3.68. The van der Waals surface area contributed by atoms with Crippen LogP contribution in [-0.2, 0) is 17.1 Å². The first-order chi connectivity index (χ1) is 13.2. The molecule has 0 aliphatic carbocycles. The van der Waals surface area contributed by atoms with Gasteiger partial charge in [-0.1, -0.05) is 12.1 Å². The van der Waals surface area contributed by atoms with Crippen molar-refractivity contribution < 1.29 is 4.79 Å². The van der Waals surface area contributed by atoms with Crippen molar-refractivity contribution in [3.63, 3.8) is 0 Å². The quantitative estimate of drug-likeness (QED) is 0.554. The third-order valence-corrected chi connectivity index (χ3v) is 4.62. The number of carbonyl (C=O) groups excluding carboxylic acids is 1. The van der Waals surface area contributed by atoms with Gasteiger partial charge >= 0.3 is 0 Å². The second-order valence-electron chi connectivity index (χ2n) is 5.89. The van der Waals surface area contributed by atoms with Crippen LogP contribution in [0, 0.1) is 0 Å². The van der Waals surface area contributed by atoms with E-state index in [1.807, 2.05) is 59.4 Å². The highest BCUT2D eigenvalue weighted by Gasteiger charge is 2.13. The largest absolute Gasteiger partial charge is 0.325 e. The summed E-state index contributed by atoms with van der Waals surface area (Å²) >= 11 is 1.68. The van der Waals surface area contributed by atoms with E-state index in [2.05, 4.69) is 25.8 Å². The van der Waals surface area contributed by atoms with Crippen LogP contribution in [0.3, 0.4) is 0 Å². The summed E-state index contributed by atoms with van der Waals surface area (Å²) in [5.74, 6) is 1.55. The van der Waals surface area contributed by atoms with E-state index in [1.54, 1.807) is 16.4 Å². The zero-order chi connectivity index (χ0) is 18.6. The molecule has 4 aromatic rings. The summed E-state index contributed by atoms with van der Waals surface area (Å²) in [5, 5.41) is 14.0. The third-order valence-electron chi connectivity index (χ3n) is 4.07. The molecule has 0 radical (unpaired) electrons. The Morgan fingerprint density at radius 1 is 1.15 bits per heavy atom. The number of tetrazole rings is 1. The monoisotopic (exact) mass is 379 g/mol. The fourth-order valence-corrected chi connectivity index (χ4v) is 3.34. The number of anilines is 1. The average molecular weight is 379 g/mol. The second-order valence-corrected chi connectivity index (χ2v) is 6.75. The van der Waals surface area contributed by atoms with Crippen molar-refractivity contribution in [1.82, 2.24) is 29.8 Å². The van der Waals surface area contributed by atoms with Gasteiger partial charge in [0, 0.05) is 5.69 Å². The molecule has 27 heavy (non-hydrogen) atoms. The van der Waals surface area contributed by atoms with Gasteiger partial charge in [-0.25, -0.2) is 9.67 Å². The fourth-order valence-electron chi connectivity index (χ4n) is 2.86. The second kappa shape index (κ2) is 7.58. The number of benzene rings is 2. The van der Waals surface area contributed by atoms with Crippen LogP contribution in [0.1, 0.15) is 5.82 Å². The summed E-state index contributed by atoms with van der Waals surface area (Å²) < 4.78 is 3.52. The number of hydrogen-bond acceptors (Lipinski definition) is 6. The molecule has 0 bridgehead atoms. The first-order valence-electron chi connectivity index (χ1n) is 8.31. The van der Waals surface area contributed by atoms with E-state index in [0.29, 0.717) is 5.69 Å². The van der Waals surface area contributed by atoms with Gasteiger partial charge in [0.05, 0.1) is 22.5 Å². The molecule has 2 aromatic heterocycles. The lowest BCUT2D eigenvalue weighted by Crippen LogP contribution is -2.20. The maximum atomic E-state index is 12.6. The minimum absolute atomic E-state index is 0.101. The predicted octanol–water partition coefficient (Wildman–Crippen LogP) is 2.51. The Hall–Kier alpha value is -3.20. The lowest BCUT2D eigenvalue weighted by Gasteiger charge is -2.10. The SMILES string of the molecule is CSCc1nc2ccccc2n1CC(=O)Nc1ccc(-n2cnnn2)cc1. The highest BCUT2D eigenvalue weighted by molar-refractivity contribution is 7.97. The van der Waals surface area contributed by atoms with Crippen molar-refractivity contribution in [3.8, 4) is 5.69 Å². The lowest BCUT2D eigenvalue weighted by molar-refractivity contribution is -0.116. The molecular weight excluding hydrogens is 362 g/mol. The molecule has 0 fully saturated rings. The molecule has 136 valence electrons. The van der Waals surface area contributed by atoms with E-state index >= 15 is 0 Å². The van der Waals surface area contributed by atoms with E-state index in [-0.39, 0.29) is 12.5 Å². The van der Waals surface area contributed by atoms with E-state index in [0.717, 1.165) is 28.3 Å². The molecule has 0 aliphatic heterocycles. The van der Waals surface area contributed by atoms with E-state index in [1.165, 1.54) is 6.33 Å². The Bertz CT molecular complexity index is 1060. The van der Waals surface area contributed by atoms with Crippen molar-refractivity contribution in [2.24, 2.45) is 0 Å². The van der Waals surface area contributed by atoms with Crippen LogP contribution < -0.4 is 5.32 Å². The molecule has 2 aromatic carbocycles. The van der Waals surface area contributed by atoms with Crippen LogP contribution in [0.25, 0.3) is 16.7 Å². The van der Waals surface area contributed by atoms with Crippen molar-refractivity contribution in [2.75, 3.05) is 11.6 Å². The summed E-state index contributed by atoms with van der Waals surface area (Å²) in [4.78, 5) is 17.2. The number of fused-ring (bicyclic) bond motifs is 1. The molecule has 0 spiro atoms. The molecule has 0 atom stereocenters. The maximum Gasteiger partial charge on any atom is 0.244 e. The van der Waals surface area contributed by atoms with Crippen LogP contribution in [0.2, 0.25) is 0 Å². The van der Waals surface area contributed by atoms with Crippen LogP contribution in [0.5, 0.6) is 0 Å². The standard InChI is InChI=1S/C18H17N7OS/c1-27-11-17-21-15-4-2-3-5-16(15)24(17)10-18(26)20-13-6-8-14(9-7-13)25-12-19-22-23-25/h2-9,12H,10-11H2,1H3,(H,20,26). The van der Waals surface area contributed by atoms with E-state index in [4.69, 9.17) is 0 Å². The van der Waals surface area contributed by atoms with Crippen molar-refractivity contribution in [2.45, 2.75) is 12.3 Å². The van der Waals surface area contributed by atoms with Gasteiger partial charge < -0.3 is 9.88 Å². The van der Waals surface area contributed by atoms with Gasteiger partial charge in [0.1, 0.15) is 18.7 Å². The van der Waals surface area contributed by atoms with Crippen LogP contribution in [0.15, 0.2) is 54.9 Å². The number of nitrogens with one attached hydrogen (secondary N) is 1. The molecular formula is C18H17N7OS. The molecule has 4 rings (SSSR count). The molecule has 1 amide bonds. The highest BCUT2D eigenvalue weighted by atomic mass is 32.2. The summed E-state index contributed by atoms with van der Waals surface area (Å²) in [6.45, 7) is 0.213. The van der Waals surface area contributed by atoms with Gasteiger partial charge in [-0.05, 0) is 53.1 Å². The molecule has 0 unspecified atom stereocenters. The number of amides is 1. The minimum atomic E-state index is -0.101. The molecule has 0 saturated heterocycles. The van der Waals surface area contributed by atoms with Crippen molar-refractivity contribution >= 4 is 34.4 Å². The first-order valence-corrected chi connectivity index (χ1v) is 9.70. The zero-order valence-corrected chi connectivity index (χ0v) is 15.4. The number of thioether (sulfide) groups is 1. The van der Waals surface area contributed by atoms with Crippen LogP contribution >= 0.6 is 11.8 Å². The fraction of sp³-hybridized carbons (Fsp3) is 0.167. The highest BCUT2D eigenvalue weighted by Crippen LogP contribution is 2.19. The number of nitrogens with zero attached hydrogens (tertiary/aromatic N) is 6. The average Bonchev–Trinajstić information content (AvgIpc) is 3.32. The Morgan fingerprint density at radius 3 is 2.70 bits per heavy atom. The number of para-hydroxylation sites is 2. The van der Waals surface area contributed by atoms with Crippen molar-refractivity contribution in [1.29, 1.82) is 0 Å². The smallest absolute Gasteiger partial charge is 0.244 e. The number of aromatic nitrogens is 6. The van der Waals surface area contributed by atoms with Crippen LogP contribution in [-0.4, -0.2) is 41.9 Å². The first kappa shape index (κ1) is 17.2. The van der Waals surface area contributed by atoms with Gasteiger partial charge in [-0.2, -0.15) is 11.8 Å². The van der Waals surface area contributed by atoms with Gasteiger partial charge in [0.15, 0.2) is 0 Å². The molecule has 0 aliphatic rings. The van der Waals surface area contributed by atoms with Crippen LogP contribution in [0.4, 0.5) is 5.69 Å². The number of imidazole rings is 1. The van der Waals surface area contributed by atoms with Gasteiger partial charge in [-0.3, -0.25) is 4.79 Å². The zero-order valence-electron chi connectivity index (χ0n) is 14.6. The molecule has 2 heterocycles. The maximum absolute atomic E-state index is 12.6. The Kier molecular flexibility index (Phi) is 4.84. The normalized spacial score (nSPS) is 11.0. The van der Waals surface area contributed by atoms with Gasteiger partial charge in [0.25, 0.3) is 0 Å². The Morgan fingerprint density at radius 2 is 1.96 bits per heavy atom. The molecule has 9 heteroatoms. The van der Waals surface area contributed by atoms with E-state index < -0.39 is 0 Å². The Balaban J connectivity index is 1.51. The number of carbonyl (C=O) groups is 1. The summed E-state index contributed by atoms with van der Waals surface area (Å²) in [5.41, 5.74) is 3.40. The van der Waals surface area contributed by atoms with Crippen molar-refractivity contribution in [3.05, 3.63) is 60.7 Å². The molecule has 1 N–H and O–H groups in total. The molecule has 0 saturated carbocycles. The Labute approximate surface area is 159 Å². The number of hydrogen-bond donors (Lipinski definition) is 1. The summed E-state index contributed by atoms with van der Waals surface area (Å²) in [7, 11) is 0. The molecule has 8 nitrogen and oxygen atoms in total. The van der Waals surface area contributed by atoms with Gasteiger partial charge in [0.2, 0.25) is 5.91 Å². The summed E-state index contributed by atoms with van der Waals surface area (Å²) in [6, 6.07) is 15.2.